The summed E-state index contributed by atoms with van der Waals surface area (Å²) in [5.74, 6) is -0.00455. The molecule has 0 aromatic heterocycles. The number of aliphatic hydroxyl groups excluding tert-OH is 1. The van der Waals surface area contributed by atoms with Crippen molar-refractivity contribution in [3.05, 3.63) is 34.3 Å². The summed E-state index contributed by atoms with van der Waals surface area (Å²) < 4.78 is 0. The highest BCUT2D eigenvalue weighted by Gasteiger charge is 2.26. The van der Waals surface area contributed by atoms with Gasteiger partial charge >= 0.3 is 0 Å². The van der Waals surface area contributed by atoms with Gasteiger partial charge in [0.2, 0.25) is 5.91 Å². The number of carbonyl (C=O) groups is 1. The Hall–Kier alpha value is -1.06. The monoisotopic (exact) mass is 281 g/mol. The second-order valence-electron chi connectivity index (χ2n) is 5.48. The van der Waals surface area contributed by atoms with E-state index in [1.165, 1.54) is 0 Å². The molecule has 1 amide bonds. The highest BCUT2D eigenvalue weighted by Crippen LogP contribution is 2.35. The zero-order chi connectivity index (χ0) is 14.0. The Morgan fingerprint density at radius 2 is 2.26 bits per heavy atom. The SMILES string of the molecule is CC(C)C(O)CC(=O)NC1CCc2c(Cl)cccc21. The van der Waals surface area contributed by atoms with Crippen LogP contribution >= 0.6 is 11.6 Å². The summed E-state index contributed by atoms with van der Waals surface area (Å²) >= 11 is 6.14. The summed E-state index contributed by atoms with van der Waals surface area (Å²) in [5, 5.41) is 13.5. The number of halogens is 1. The Morgan fingerprint density at radius 1 is 1.53 bits per heavy atom. The van der Waals surface area contributed by atoms with Crippen LogP contribution in [-0.2, 0) is 11.2 Å². The highest BCUT2D eigenvalue weighted by molar-refractivity contribution is 6.31. The number of rotatable bonds is 4. The van der Waals surface area contributed by atoms with Gasteiger partial charge in [0.25, 0.3) is 0 Å². The Labute approximate surface area is 119 Å². The zero-order valence-corrected chi connectivity index (χ0v) is 12.1. The van der Waals surface area contributed by atoms with Crippen LogP contribution in [0.3, 0.4) is 0 Å². The molecule has 1 aromatic carbocycles. The maximum Gasteiger partial charge on any atom is 0.223 e. The van der Waals surface area contributed by atoms with Crippen LogP contribution in [0.2, 0.25) is 5.02 Å². The first-order chi connectivity index (χ1) is 8.99. The molecule has 0 spiro atoms. The third kappa shape index (κ3) is 3.28. The molecule has 0 bridgehead atoms. The van der Waals surface area contributed by atoms with Gasteiger partial charge in [0.15, 0.2) is 0 Å². The molecule has 0 saturated heterocycles. The molecule has 0 radical (unpaired) electrons. The number of benzene rings is 1. The summed E-state index contributed by atoms with van der Waals surface area (Å²) in [6.07, 6.45) is 1.35. The summed E-state index contributed by atoms with van der Waals surface area (Å²) in [6, 6.07) is 5.83. The molecule has 0 saturated carbocycles. The number of amides is 1. The van der Waals surface area contributed by atoms with Crippen molar-refractivity contribution >= 4 is 17.5 Å². The maximum absolute atomic E-state index is 11.9. The van der Waals surface area contributed by atoms with Gasteiger partial charge in [-0.3, -0.25) is 4.79 Å². The van der Waals surface area contributed by atoms with Gasteiger partial charge in [-0.15, -0.1) is 0 Å². The topological polar surface area (TPSA) is 49.3 Å². The van der Waals surface area contributed by atoms with Crippen molar-refractivity contribution in [1.82, 2.24) is 5.32 Å². The van der Waals surface area contributed by atoms with Crippen LogP contribution in [0, 0.1) is 5.92 Å². The third-order valence-electron chi connectivity index (χ3n) is 3.71. The van der Waals surface area contributed by atoms with E-state index in [9.17, 15) is 9.90 Å². The molecule has 0 aliphatic heterocycles. The molecule has 19 heavy (non-hydrogen) atoms. The van der Waals surface area contributed by atoms with E-state index in [-0.39, 0.29) is 24.3 Å². The zero-order valence-electron chi connectivity index (χ0n) is 11.3. The normalized spacial score (nSPS) is 19.3. The van der Waals surface area contributed by atoms with Crippen LogP contribution in [0.25, 0.3) is 0 Å². The molecule has 1 aliphatic carbocycles. The number of hydrogen-bond acceptors (Lipinski definition) is 2. The number of hydrogen-bond donors (Lipinski definition) is 2. The molecule has 3 nitrogen and oxygen atoms in total. The van der Waals surface area contributed by atoms with Gasteiger partial charge in [-0.05, 0) is 36.0 Å². The Balaban J connectivity index is 2.00. The molecule has 0 heterocycles. The molecule has 104 valence electrons. The van der Waals surface area contributed by atoms with Crippen LogP contribution in [0.1, 0.15) is 43.9 Å². The molecule has 2 rings (SSSR count). The van der Waals surface area contributed by atoms with Crippen molar-refractivity contribution < 1.29 is 9.90 Å². The summed E-state index contributed by atoms with van der Waals surface area (Å²) in [4.78, 5) is 11.9. The lowest BCUT2D eigenvalue weighted by molar-refractivity contribution is -0.124. The molecule has 2 unspecified atom stereocenters. The maximum atomic E-state index is 11.9. The van der Waals surface area contributed by atoms with Crippen molar-refractivity contribution in [2.45, 2.75) is 45.3 Å². The van der Waals surface area contributed by atoms with Gasteiger partial charge in [0, 0.05) is 5.02 Å². The fourth-order valence-corrected chi connectivity index (χ4v) is 2.71. The molecule has 2 atom stereocenters. The molecule has 2 N–H and O–H groups in total. The lowest BCUT2D eigenvalue weighted by Crippen LogP contribution is -2.31. The average molecular weight is 282 g/mol. The second-order valence-corrected chi connectivity index (χ2v) is 5.89. The molecule has 4 heteroatoms. The predicted molar refractivity (Wildman–Crippen MR) is 76.1 cm³/mol. The fraction of sp³-hybridized carbons (Fsp3) is 0.533. The van der Waals surface area contributed by atoms with E-state index in [1.54, 1.807) is 0 Å². The van der Waals surface area contributed by atoms with E-state index in [0.717, 1.165) is 29.0 Å². The van der Waals surface area contributed by atoms with E-state index in [1.807, 2.05) is 32.0 Å². The highest BCUT2D eigenvalue weighted by atomic mass is 35.5. The Bertz CT molecular complexity index is 473. The van der Waals surface area contributed by atoms with Gasteiger partial charge in [0.1, 0.15) is 0 Å². The van der Waals surface area contributed by atoms with E-state index < -0.39 is 6.10 Å². The molecular formula is C15H20ClNO2. The first-order valence-electron chi connectivity index (χ1n) is 6.73. The standard InChI is InChI=1S/C15H20ClNO2/c1-9(2)14(18)8-15(19)17-13-7-6-10-11(13)4-3-5-12(10)16/h3-5,9,13-14,18H,6-8H2,1-2H3,(H,17,19). The van der Waals surface area contributed by atoms with Crippen LogP contribution < -0.4 is 5.32 Å². The van der Waals surface area contributed by atoms with Gasteiger partial charge in [0.05, 0.1) is 18.6 Å². The number of aliphatic hydroxyl groups is 1. The first kappa shape index (κ1) is 14.4. The molecule has 0 fully saturated rings. The van der Waals surface area contributed by atoms with Crippen molar-refractivity contribution in [2.75, 3.05) is 0 Å². The van der Waals surface area contributed by atoms with Crippen LogP contribution in [-0.4, -0.2) is 17.1 Å². The average Bonchev–Trinajstić information content (AvgIpc) is 2.73. The number of fused-ring (bicyclic) bond motifs is 1. The molecule has 1 aromatic rings. The van der Waals surface area contributed by atoms with E-state index >= 15 is 0 Å². The smallest absolute Gasteiger partial charge is 0.223 e. The van der Waals surface area contributed by atoms with Gasteiger partial charge < -0.3 is 10.4 Å². The summed E-state index contributed by atoms with van der Waals surface area (Å²) in [6.45, 7) is 3.81. The minimum Gasteiger partial charge on any atom is -0.392 e. The quantitative estimate of drug-likeness (QED) is 0.892. The van der Waals surface area contributed by atoms with E-state index in [2.05, 4.69) is 5.32 Å². The molecule has 1 aliphatic rings. The van der Waals surface area contributed by atoms with Crippen molar-refractivity contribution in [3.8, 4) is 0 Å². The first-order valence-corrected chi connectivity index (χ1v) is 7.11. The summed E-state index contributed by atoms with van der Waals surface area (Å²) in [7, 11) is 0. The van der Waals surface area contributed by atoms with Gasteiger partial charge in [-0.1, -0.05) is 37.6 Å². The number of nitrogens with one attached hydrogen (secondary N) is 1. The van der Waals surface area contributed by atoms with Gasteiger partial charge in [-0.2, -0.15) is 0 Å². The van der Waals surface area contributed by atoms with Crippen molar-refractivity contribution in [1.29, 1.82) is 0 Å². The predicted octanol–water partition coefficient (Wildman–Crippen LogP) is 2.85. The third-order valence-corrected chi connectivity index (χ3v) is 4.07. The van der Waals surface area contributed by atoms with Gasteiger partial charge in [-0.25, -0.2) is 0 Å². The van der Waals surface area contributed by atoms with Crippen molar-refractivity contribution in [2.24, 2.45) is 5.92 Å². The number of carbonyl (C=O) groups excluding carboxylic acids is 1. The van der Waals surface area contributed by atoms with Crippen LogP contribution in [0.4, 0.5) is 0 Å². The van der Waals surface area contributed by atoms with E-state index in [4.69, 9.17) is 11.6 Å². The molecular weight excluding hydrogens is 262 g/mol. The minimum absolute atomic E-state index is 0.0283. The van der Waals surface area contributed by atoms with Crippen LogP contribution in [0.15, 0.2) is 18.2 Å². The largest absolute Gasteiger partial charge is 0.392 e. The lowest BCUT2D eigenvalue weighted by Gasteiger charge is -2.18. The van der Waals surface area contributed by atoms with E-state index in [0.29, 0.717) is 0 Å². The fourth-order valence-electron chi connectivity index (χ4n) is 2.44. The van der Waals surface area contributed by atoms with Crippen LogP contribution in [0.5, 0.6) is 0 Å². The lowest BCUT2D eigenvalue weighted by atomic mass is 10.0. The minimum atomic E-state index is -0.583. The Morgan fingerprint density at radius 3 is 2.95 bits per heavy atom. The van der Waals surface area contributed by atoms with Crippen molar-refractivity contribution in [3.63, 3.8) is 0 Å². The summed E-state index contributed by atoms with van der Waals surface area (Å²) in [5.41, 5.74) is 2.25. The Kier molecular flexibility index (Phi) is 4.48. The second kappa shape index (κ2) is 5.93.